The Balaban J connectivity index is 1.55. The molecule has 0 aliphatic heterocycles. The van der Waals surface area contributed by atoms with Gasteiger partial charge in [-0.15, -0.1) is 11.3 Å². The third-order valence-electron chi connectivity index (χ3n) is 5.92. The van der Waals surface area contributed by atoms with Crippen LogP contribution in [0.3, 0.4) is 0 Å². The third-order valence-corrected chi connectivity index (χ3v) is 7.00. The quantitative estimate of drug-likeness (QED) is 0.319. The molecule has 3 aromatic carbocycles. The molecule has 7 rings (SSSR count). The van der Waals surface area contributed by atoms with E-state index in [1.165, 1.54) is 44.4 Å². The van der Waals surface area contributed by atoms with E-state index in [-0.39, 0.29) is 0 Å². The maximum atomic E-state index is 4.86. The third kappa shape index (κ3) is 2.44. The van der Waals surface area contributed by atoms with Gasteiger partial charge in [-0.05, 0) is 36.4 Å². The van der Waals surface area contributed by atoms with Crippen LogP contribution in [0.1, 0.15) is 0 Å². The van der Waals surface area contributed by atoms with Gasteiger partial charge in [-0.3, -0.25) is 0 Å². The molecule has 32 heavy (non-hydrogen) atoms. The van der Waals surface area contributed by atoms with Gasteiger partial charge in [-0.25, -0.2) is 19.9 Å². The van der Waals surface area contributed by atoms with Crippen molar-refractivity contribution < 1.29 is 0 Å². The molecule has 0 spiro atoms. The van der Waals surface area contributed by atoms with Crippen molar-refractivity contribution in [1.82, 2.24) is 24.5 Å². The number of aromatic nitrogens is 5. The summed E-state index contributed by atoms with van der Waals surface area (Å²) < 4.78 is 3.56. The molecule has 4 aromatic heterocycles. The molecule has 0 amide bonds. The number of rotatable bonds is 2. The molecular weight excluding hydrogens is 414 g/mol. The van der Waals surface area contributed by atoms with Gasteiger partial charge >= 0.3 is 0 Å². The van der Waals surface area contributed by atoms with Crippen LogP contribution >= 0.6 is 11.3 Å². The van der Waals surface area contributed by atoms with Gasteiger partial charge in [0.05, 0.1) is 17.2 Å². The normalized spacial score (nSPS) is 11.8. The van der Waals surface area contributed by atoms with E-state index in [0.717, 1.165) is 21.6 Å². The lowest BCUT2D eigenvalue weighted by atomic mass is 10.1. The van der Waals surface area contributed by atoms with Crippen LogP contribution in [0.5, 0.6) is 0 Å². The summed E-state index contributed by atoms with van der Waals surface area (Å²) in [6.07, 6.45) is 5.05. The van der Waals surface area contributed by atoms with Gasteiger partial charge in [-0.1, -0.05) is 36.4 Å². The van der Waals surface area contributed by atoms with E-state index in [1.807, 2.05) is 6.20 Å². The van der Waals surface area contributed by atoms with Crippen LogP contribution < -0.4 is 0 Å². The van der Waals surface area contributed by atoms with Crippen LogP contribution in [0.4, 0.5) is 0 Å². The summed E-state index contributed by atoms with van der Waals surface area (Å²) in [6, 6.07) is 25.5. The summed E-state index contributed by atoms with van der Waals surface area (Å²) in [4.78, 5) is 18.4. The fraction of sp³-hybridized carbons (Fsp3) is 0. The van der Waals surface area contributed by atoms with Gasteiger partial charge in [0.15, 0.2) is 5.82 Å². The van der Waals surface area contributed by atoms with Crippen molar-refractivity contribution >= 4 is 53.4 Å². The topological polar surface area (TPSA) is 56.5 Å². The molecule has 0 fully saturated rings. The molecule has 7 aromatic rings. The number of pyridine rings is 1. The Kier molecular flexibility index (Phi) is 3.65. The summed E-state index contributed by atoms with van der Waals surface area (Å²) in [5.41, 5.74) is 4.31. The number of fused-ring (bicyclic) bond motifs is 7. The summed E-state index contributed by atoms with van der Waals surface area (Å²) in [5.74, 6) is 0.668. The summed E-state index contributed by atoms with van der Waals surface area (Å²) in [6.45, 7) is 0. The van der Waals surface area contributed by atoms with Crippen molar-refractivity contribution in [2.45, 2.75) is 0 Å². The molecule has 150 valence electrons. The first-order valence-corrected chi connectivity index (χ1v) is 11.1. The SMILES string of the molecule is c1ccc2c(c1)sc1ncc3c(c4ccccc4n3-c3ccc(-c4ncncn4)cc3)c12. The molecule has 0 N–H and O–H groups in total. The molecule has 0 aliphatic rings. The van der Waals surface area contributed by atoms with Gasteiger partial charge in [0.1, 0.15) is 17.5 Å². The van der Waals surface area contributed by atoms with Gasteiger partial charge < -0.3 is 4.57 Å². The van der Waals surface area contributed by atoms with Crippen molar-refractivity contribution in [3.05, 3.63) is 91.6 Å². The Morgan fingerprint density at radius 1 is 0.656 bits per heavy atom. The molecular formula is C26H15N5S. The highest BCUT2D eigenvalue weighted by Crippen LogP contribution is 2.42. The first-order valence-electron chi connectivity index (χ1n) is 10.3. The van der Waals surface area contributed by atoms with E-state index in [4.69, 9.17) is 4.98 Å². The van der Waals surface area contributed by atoms with Crippen molar-refractivity contribution in [2.24, 2.45) is 0 Å². The first kappa shape index (κ1) is 17.5. The number of thiophene rings is 1. The number of nitrogens with zero attached hydrogens (tertiary/aromatic N) is 5. The zero-order valence-corrected chi connectivity index (χ0v) is 17.6. The lowest BCUT2D eigenvalue weighted by Crippen LogP contribution is -1.95. The van der Waals surface area contributed by atoms with Crippen molar-refractivity contribution in [3.63, 3.8) is 0 Å². The van der Waals surface area contributed by atoms with Crippen LogP contribution in [0.25, 0.3) is 59.2 Å². The number of hydrogen-bond acceptors (Lipinski definition) is 5. The molecule has 5 nitrogen and oxygen atoms in total. The minimum atomic E-state index is 0.668. The Morgan fingerprint density at radius 2 is 1.41 bits per heavy atom. The molecule has 0 unspecified atom stereocenters. The average molecular weight is 430 g/mol. The molecule has 4 heterocycles. The fourth-order valence-electron chi connectivity index (χ4n) is 4.56. The van der Waals surface area contributed by atoms with Gasteiger partial charge in [-0.2, -0.15) is 0 Å². The second-order valence-corrected chi connectivity index (χ2v) is 8.69. The molecule has 6 heteroatoms. The maximum absolute atomic E-state index is 4.86. The van der Waals surface area contributed by atoms with E-state index >= 15 is 0 Å². The predicted molar refractivity (Wildman–Crippen MR) is 130 cm³/mol. The minimum Gasteiger partial charge on any atom is -0.308 e. The van der Waals surface area contributed by atoms with Crippen LogP contribution in [0, 0.1) is 0 Å². The summed E-state index contributed by atoms with van der Waals surface area (Å²) in [5, 5.41) is 4.99. The Labute approximate surface area is 186 Å². The van der Waals surface area contributed by atoms with Gasteiger partial charge in [0.2, 0.25) is 0 Å². The molecule has 0 bridgehead atoms. The van der Waals surface area contributed by atoms with Gasteiger partial charge in [0, 0.05) is 37.5 Å². The Bertz CT molecular complexity index is 1770. The monoisotopic (exact) mass is 429 g/mol. The van der Waals surface area contributed by atoms with Crippen molar-refractivity contribution in [2.75, 3.05) is 0 Å². The molecule has 0 saturated carbocycles. The second-order valence-electron chi connectivity index (χ2n) is 7.66. The van der Waals surface area contributed by atoms with Crippen LogP contribution in [0.2, 0.25) is 0 Å². The molecule has 0 aliphatic carbocycles. The predicted octanol–water partition coefficient (Wildman–Crippen LogP) is 6.40. The Hall–Kier alpha value is -4.16. The van der Waals surface area contributed by atoms with Crippen LogP contribution in [0.15, 0.2) is 91.6 Å². The average Bonchev–Trinajstić information content (AvgIpc) is 3.40. The van der Waals surface area contributed by atoms with E-state index < -0.39 is 0 Å². The van der Waals surface area contributed by atoms with Crippen molar-refractivity contribution in [3.8, 4) is 17.1 Å². The van der Waals surface area contributed by atoms with E-state index in [9.17, 15) is 0 Å². The van der Waals surface area contributed by atoms with E-state index in [0.29, 0.717) is 5.82 Å². The van der Waals surface area contributed by atoms with Crippen LogP contribution in [-0.2, 0) is 0 Å². The molecule has 0 atom stereocenters. The lowest BCUT2D eigenvalue weighted by molar-refractivity contribution is 1.05. The highest BCUT2D eigenvalue weighted by atomic mass is 32.1. The van der Waals surface area contributed by atoms with Crippen LogP contribution in [-0.4, -0.2) is 24.5 Å². The number of para-hydroxylation sites is 1. The zero-order valence-electron chi connectivity index (χ0n) is 16.8. The zero-order chi connectivity index (χ0) is 21.1. The summed E-state index contributed by atoms with van der Waals surface area (Å²) in [7, 11) is 0. The van der Waals surface area contributed by atoms with Crippen molar-refractivity contribution in [1.29, 1.82) is 0 Å². The highest BCUT2D eigenvalue weighted by Gasteiger charge is 2.18. The first-order chi connectivity index (χ1) is 15.9. The van der Waals surface area contributed by atoms with E-state index in [2.05, 4.69) is 92.3 Å². The maximum Gasteiger partial charge on any atom is 0.162 e. The second kappa shape index (κ2) is 6.67. The number of benzene rings is 3. The standard InChI is InChI=1S/C26H15N5S/c1-3-7-20-18(5-1)23-21(13-28-26-24(23)19-6-2-4-8-22(19)32-26)31(20)17-11-9-16(10-12-17)25-29-14-27-15-30-25/h1-15H. The minimum absolute atomic E-state index is 0.668. The molecule has 0 saturated heterocycles. The largest absolute Gasteiger partial charge is 0.308 e. The van der Waals surface area contributed by atoms with E-state index in [1.54, 1.807) is 11.3 Å². The number of hydrogen-bond donors (Lipinski definition) is 0. The Morgan fingerprint density at radius 3 is 2.25 bits per heavy atom. The smallest absolute Gasteiger partial charge is 0.162 e. The van der Waals surface area contributed by atoms with Gasteiger partial charge in [0.25, 0.3) is 0 Å². The summed E-state index contributed by atoms with van der Waals surface area (Å²) >= 11 is 1.75. The lowest BCUT2D eigenvalue weighted by Gasteiger charge is -2.08. The fourth-order valence-corrected chi connectivity index (χ4v) is 5.61. The molecule has 0 radical (unpaired) electrons. The highest BCUT2D eigenvalue weighted by molar-refractivity contribution is 7.25.